The van der Waals surface area contributed by atoms with Gasteiger partial charge in [0.1, 0.15) is 5.75 Å². The fraction of sp³-hybridized carbons (Fsp3) is 0.250. The number of benzene rings is 1. The molecule has 4 nitrogen and oxygen atoms in total. The smallest absolute Gasteiger partial charge is 0.330 e. The average Bonchev–Trinajstić information content (AvgIpc) is 2.26. The Labute approximate surface area is 94.3 Å². The lowest BCUT2D eigenvalue weighted by atomic mass is 10.1. The minimum atomic E-state index is -1.01. The van der Waals surface area contributed by atoms with Gasteiger partial charge in [-0.3, -0.25) is 0 Å². The molecule has 0 aliphatic heterocycles. The van der Waals surface area contributed by atoms with E-state index in [2.05, 4.69) is 0 Å². The minimum Gasteiger partial charge on any atom is -0.497 e. The number of carboxylic acid groups (broad SMARTS) is 1. The summed E-state index contributed by atoms with van der Waals surface area (Å²) < 4.78 is 5.03. The van der Waals surface area contributed by atoms with E-state index >= 15 is 0 Å². The molecule has 0 saturated carbocycles. The average molecular weight is 221 g/mol. The molecule has 0 bridgehead atoms. The molecule has 0 aliphatic carbocycles. The van der Waals surface area contributed by atoms with Crippen LogP contribution in [0, 0.1) is 0 Å². The number of nitrogens with two attached hydrogens (primary N) is 1. The monoisotopic (exact) mass is 221 g/mol. The van der Waals surface area contributed by atoms with Crippen LogP contribution in [0.5, 0.6) is 5.75 Å². The van der Waals surface area contributed by atoms with Gasteiger partial charge in [0, 0.05) is 11.8 Å². The van der Waals surface area contributed by atoms with Crippen molar-refractivity contribution in [3.63, 3.8) is 0 Å². The summed E-state index contributed by atoms with van der Waals surface area (Å²) >= 11 is 0. The first kappa shape index (κ1) is 12.1. The third-order valence-corrected chi connectivity index (χ3v) is 2.17. The molecule has 0 radical (unpaired) electrons. The van der Waals surface area contributed by atoms with Crippen LogP contribution in [-0.4, -0.2) is 18.2 Å². The highest BCUT2D eigenvalue weighted by molar-refractivity contribution is 5.80. The van der Waals surface area contributed by atoms with Crippen LogP contribution in [0.2, 0.25) is 0 Å². The van der Waals surface area contributed by atoms with Crippen molar-refractivity contribution in [3.8, 4) is 5.75 Å². The number of carbonyl (C=O) groups is 1. The zero-order valence-corrected chi connectivity index (χ0v) is 9.14. The standard InChI is InChI=1S/C12H15NO3/c1-16-11-6-3-9(4-7-11)2-5-10(13)8-12(14)15/h3-4,6-8H,2,5,13H2,1H3,(H,14,15)/b10-8-. The first-order valence-electron chi connectivity index (χ1n) is 4.93. The Morgan fingerprint density at radius 1 is 1.44 bits per heavy atom. The number of methoxy groups -OCH3 is 1. The van der Waals surface area contributed by atoms with Crippen LogP contribution in [0.25, 0.3) is 0 Å². The Kier molecular flexibility index (Phi) is 4.39. The molecule has 3 N–H and O–H groups in total. The summed E-state index contributed by atoms with van der Waals surface area (Å²) in [5.41, 5.74) is 7.01. The molecule has 0 atom stereocenters. The van der Waals surface area contributed by atoms with Crippen LogP contribution in [0.1, 0.15) is 12.0 Å². The van der Waals surface area contributed by atoms with Crippen molar-refractivity contribution in [2.45, 2.75) is 12.8 Å². The van der Waals surface area contributed by atoms with E-state index in [1.165, 1.54) is 0 Å². The lowest BCUT2D eigenvalue weighted by Gasteiger charge is -2.03. The number of aliphatic carboxylic acids is 1. The normalized spacial score (nSPS) is 11.2. The summed E-state index contributed by atoms with van der Waals surface area (Å²) in [4.78, 5) is 10.3. The first-order chi connectivity index (χ1) is 7.61. The van der Waals surface area contributed by atoms with Gasteiger partial charge in [-0.15, -0.1) is 0 Å². The molecule has 0 unspecified atom stereocenters. The molecule has 1 aromatic rings. The van der Waals surface area contributed by atoms with Crippen LogP contribution in [0.3, 0.4) is 0 Å². The maximum atomic E-state index is 10.3. The Morgan fingerprint density at radius 3 is 2.56 bits per heavy atom. The van der Waals surface area contributed by atoms with Crippen molar-refractivity contribution < 1.29 is 14.6 Å². The molecular weight excluding hydrogens is 206 g/mol. The van der Waals surface area contributed by atoms with Gasteiger partial charge in [0.05, 0.1) is 7.11 Å². The van der Waals surface area contributed by atoms with Gasteiger partial charge in [-0.25, -0.2) is 4.79 Å². The molecule has 1 aromatic carbocycles. The summed E-state index contributed by atoms with van der Waals surface area (Å²) in [5, 5.41) is 8.48. The van der Waals surface area contributed by atoms with E-state index in [-0.39, 0.29) is 0 Å². The van der Waals surface area contributed by atoms with Gasteiger partial charge in [-0.2, -0.15) is 0 Å². The topological polar surface area (TPSA) is 72.5 Å². The van der Waals surface area contributed by atoms with Crippen molar-refractivity contribution in [2.24, 2.45) is 5.73 Å². The van der Waals surface area contributed by atoms with Crippen LogP contribution in [0.4, 0.5) is 0 Å². The lowest BCUT2D eigenvalue weighted by Crippen LogP contribution is -2.03. The summed E-state index contributed by atoms with van der Waals surface area (Å²) in [7, 11) is 1.61. The van der Waals surface area contributed by atoms with Gasteiger partial charge in [0.25, 0.3) is 0 Å². The van der Waals surface area contributed by atoms with Crippen LogP contribution in [0.15, 0.2) is 36.0 Å². The number of carboxylic acids is 1. The van der Waals surface area contributed by atoms with E-state index in [1.54, 1.807) is 7.11 Å². The van der Waals surface area contributed by atoms with E-state index in [4.69, 9.17) is 15.6 Å². The molecule has 0 saturated heterocycles. The number of hydrogen-bond donors (Lipinski definition) is 2. The van der Waals surface area contributed by atoms with Gasteiger partial charge in [-0.1, -0.05) is 12.1 Å². The maximum absolute atomic E-state index is 10.3. The van der Waals surface area contributed by atoms with Gasteiger partial charge >= 0.3 is 5.97 Å². The highest BCUT2D eigenvalue weighted by Crippen LogP contribution is 2.13. The summed E-state index contributed by atoms with van der Waals surface area (Å²) in [6.07, 6.45) is 2.29. The molecule has 0 spiro atoms. The molecule has 0 aliphatic rings. The largest absolute Gasteiger partial charge is 0.497 e. The predicted molar refractivity (Wildman–Crippen MR) is 61.2 cm³/mol. The number of rotatable bonds is 5. The Hall–Kier alpha value is -1.97. The molecule has 0 fully saturated rings. The molecule has 1 rings (SSSR count). The first-order valence-corrected chi connectivity index (χ1v) is 4.93. The second kappa shape index (κ2) is 5.80. The van der Waals surface area contributed by atoms with E-state index in [9.17, 15) is 4.79 Å². The van der Waals surface area contributed by atoms with Gasteiger partial charge in [-0.05, 0) is 30.5 Å². The van der Waals surface area contributed by atoms with Gasteiger partial charge in [0.2, 0.25) is 0 Å². The van der Waals surface area contributed by atoms with Gasteiger partial charge in [0.15, 0.2) is 0 Å². The molecular formula is C12H15NO3. The van der Waals surface area contributed by atoms with Crippen molar-refractivity contribution in [1.82, 2.24) is 0 Å². The summed E-state index contributed by atoms with van der Waals surface area (Å²) in [6.45, 7) is 0. The number of ether oxygens (including phenoxy) is 1. The number of aryl methyl sites for hydroxylation is 1. The zero-order valence-electron chi connectivity index (χ0n) is 9.14. The Balaban J connectivity index is 2.51. The van der Waals surface area contributed by atoms with Crippen molar-refractivity contribution in [2.75, 3.05) is 7.11 Å². The maximum Gasteiger partial charge on any atom is 0.330 e. The quantitative estimate of drug-likeness (QED) is 0.740. The minimum absolute atomic E-state index is 0.378. The lowest BCUT2D eigenvalue weighted by molar-refractivity contribution is -0.131. The molecule has 0 heterocycles. The van der Waals surface area contributed by atoms with E-state index < -0.39 is 5.97 Å². The third kappa shape index (κ3) is 4.04. The highest BCUT2D eigenvalue weighted by atomic mass is 16.5. The molecule has 0 amide bonds. The number of allylic oxidation sites excluding steroid dienone is 1. The molecule has 86 valence electrons. The second-order valence-corrected chi connectivity index (χ2v) is 3.41. The highest BCUT2D eigenvalue weighted by Gasteiger charge is 1.98. The Bertz CT molecular complexity index is 382. The fourth-order valence-corrected chi connectivity index (χ4v) is 1.31. The predicted octanol–water partition coefficient (Wildman–Crippen LogP) is 1.56. The van der Waals surface area contributed by atoms with Crippen molar-refractivity contribution in [1.29, 1.82) is 0 Å². The zero-order chi connectivity index (χ0) is 12.0. The van der Waals surface area contributed by atoms with Crippen molar-refractivity contribution in [3.05, 3.63) is 41.6 Å². The summed E-state index contributed by atoms with van der Waals surface area (Å²) in [6, 6.07) is 7.61. The Morgan fingerprint density at radius 2 is 2.06 bits per heavy atom. The third-order valence-electron chi connectivity index (χ3n) is 2.17. The van der Waals surface area contributed by atoms with Crippen LogP contribution < -0.4 is 10.5 Å². The summed E-state index contributed by atoms with van der Waals surface area (Å²) in [5.74, 6) is -0.204. The van der Waals surface area contributed by atoms with Crippen LogP contribution >= 0.6 is 0 Å². The van der Waals surface area contributed by atoms with Crippen LogP contribution in [-0.2, 0) is 11.2 Å². The van der Waals surface area contributed by atoms with Crippen molar-refractivity contribution >= 4 is 5.97 Å². The second-order valence-electron chi connectivity index (χ2n) is 3.41. The van der Waals surface area contributed by atoms with E-state index in [1.807, 2.05) is 24.3 Å². The molecule has 4 heteroatoms. The van der Waals surface area contributed by atoms with Gasteiger partial charge < -0.3 is 15.6 Å². The molecule has 0 aromatic heterocycles. The van der Waals surface area contributed by atoms with E-state index in [0.717, 1.165) is 23.8 Å². The van der Waals surface area contributed by atoms with E-state index in [0.29, 0.717) is 12.1 Å². The number of hydrogen-bond acceptors (Lipinski definition) is 3. The fourth-order valence-electron chi connectivity index (χ4n) is 1.31. The SMILES string of the molecule is COc1ccc(CC/C(N)=C/C(=O)O)cc1. The molecule has 16 heavy (non-hydrogen) atoms.